The molecular weight excluding hydrogens is 1040 g/mol. The van der Waals surface area contributed by atoms with E-state index in [-0.39, 0.29) is 43.7 Å². The molecule has 2 unspecified atom stereocenters. The molecule has 414 valence electrons. The number of aliphatic hydroxyl groups is 1. The third-order valence-corrected chi connectivity index (χ3v) is 14.1. The third-order valence-electron chi connectivity index (χ3n) is 14.1. The van der Waals surface area contributed by atoms with E-state index >= 15 is 4.39 Å². The molecule has 0 saturated heterocycles. The molecule has 2 aromatic carbocycles. The van der Waals surface area contributed by atoms with Crippen molar-refractivity contribution in [3.8, 4) is 11.4 Å². The minimum atomic E-state index is -2.05. The number of nitrogens with one attached hydrogen (secondary N) is 6. The van der Waals surface area contributed by atoms with E-state index in [0.29, 0.717) is 56.7 Å². The summed E-state index contributed by atoms with van der Waals surface area (Å²) in [5.74, 6) is -9.54. The summed E-state index contributed by atoms with van der Waals surface area (Å²) in [7, 11) is 0. The van der Waals surface area contributed by atoms with Gasteiger partial charge in [-0.15, -0.1) is 0 Å². The molecule has 0 saturated carbocycles. The number of carboxylic acids is 1. The van der Waals surface area contributed by atoms with Gasteiger partial charge in [0.1, 0.15) is 31.8 Å². The molecule has 0 bridgehead atoms. The number of imide groups is 1. The number of carboxylic acid groups (broad SMARTS) is 1. The number of rotatable bonds is 23. The molecule has 3 aliphatic heterocycles. The van der Waals surface area contributed by atoms with Crippen molar-refractivity contribution >= 4 is 76.3 Å². The SMILES string of the molecule is CC[C@@]1(O)C(=O)OCc2c1cc1n(c2=O)Cc2c-1nc1cc(F)c(C)c3c1c2C(C=NC(=O)COCNC(=O)CNC(=O)CC(CNC(=O)CNC(=O)CNC(=O)[C@H](CNCC(=O)O)N1C(=O)C=CC1=O)c1ccccc1)CC3. The molecule has 5 heterocycles. The molecule has 0 fully saturated rings. The zero-order chi connectivity index (χ0) is 56.7. The van der Waals surface area contributed by atoms with Crippen LogP contribution in [0.5, 0.6) is 0 Å². The van der Waals surface area contributed by atoms with Crippen molar-refractivity contribution in [3.05, 3.63) is 110 Å². The fourth-order valence-electron chi connectivity index (χ4n) is 9.95. The standard InChI is InChI=1S/C53H55FN10O15/c1-3-53(77)34-14-37-49-32(23-63(37)51(75)33(34)24-79-52(53)76)47-29(9-10-31-27(2)35(54)15-36(62-49)48(31)47)16-57-43(69)25-78-26-61-42(68)20-58-39(65)13-30(28-7-5-4-6-8-28)17-56-40(66)19-59-41(67)21-60-50(74)38(18-55-22-46(72)73)64-44(70)11-12-45(64)71/h4-8,11-12,14-16,29-30,38,55,77H,3,9-10,13,17-26H2,1-2H3,(H,56,66)(H,58,65)(H,59,67)(H,60,74)(H,61,68)(H,72,73)/t29?,30?,38-,53-/m0/s1. The quantitative estimate of drug-likeness (QED) is 0.0126. The van der Waals surface area contributed by atoms with Gasteiger partial charge in [0.05, 0.1) is 55.2 Å². The van der Waals surface area contributed by atoms with Crippen molar-refractivity contribution in [3.63, 3.8) is 0 Å². The number of carbonyl (C=O) groups is 10. The topological polar surface area (TPSA) is 352 Å². The van der Waals surface area contributed by atoms with E-state index in [4.69, 9.17) is 19.6 Å². The number of aryl methyl sites for hydroxylation is 1. The highest BCUT2D eigenvalue weighted by atomic mass is 19.1. The fraction of sp³-hybridized carbons (Fsp3) is 0.377. The molecule has 1 aliphatic carbocycles. The number of amides is 8. The van der Waals surface area contributed by atoms with Crippen LogP contribution in [0.25, 0.3) is 22.3 Å². The van der Waals surface area contributed by atoms with E-state index < -0.39 is 140 Å². The van der Waals surface area contributed by atoms with Gasteiger partial charge in [0.2, 0.25) is 29.5 Å². The lowest BCUT2D eigenvalue weighted by molar-refractivity contribution is -0.172. The predicted molar refractivity (Wildman–Crippen MR) is 274 cm³/mol. The van der Waals surface area contributed by atoms with E-state index in [1.807, 2.05) is 0 Å². The number of nitrogens with zero attached hydrogens (tertiary/aromatic N) is 4. The second-order valence-corrected chi connectivity index (χ2v) is 19.0. The van der Waals surface area contributed by atoms with E-state index in [9.17, 15) is 57.8 Å². The molecule has 4 atom stereocenters. The van der Waals surface area contributed by atoms with E-state index in [0.717, 1.165) is 23.3 Å². The highest BCUT2D eigenvalue weighted by Crippen LogP contribution is 2.46. The summed E-state index contributed by atoms with van der Waals surface area (Å²) in [6.07, 6.45) is 4.01. The maximum Gasteiger partial charge on any atom is 0.343 e. The molecule has 8 N–H and O–H groups in total. The number of benzene rings is 2. The summed E-state index contributed by atoms with van der Waals surface area (Å²) >= 11 is 0. The molecule has 26 heteroatoms. The smallest absolute Gasteiger partial charge is 0.343 e. The van der Waals surface area contributed by atoms with Crippen molar-refractivity contribution in [2.24, 2.45) is 4.99 Å². The zero-order valence-corrected chi connectivity index (χ0v) is 42.8. The van der Waals surface area contributed by atoms with Crippen LogP contribution in [-0.2, 0) is 82.6 Å². The Labute approximate surface area is 448 Å². The minimum Gasteiger partial charge on any atom is -0.480 e. The van der Waals surface area contributed by atoms with Gasteiger partial charge in [-0.2, -0.15) is 0 Å². The number of carbonyl (C=O) groups excluding carboxylic acids is 9. The average Bonchev–Trinajstić information content (AvgIpc) is 3.93. The van der Waals surface area contributed by atoms with Gasteiger partial charge in [-0.1, -0.05) is 37.3 Å². The van der Waals surface area contributed by atoms with Gasteiger partial charge in [-0.25, -0.2) is 19.2 Å². The van der Waals surface area contributed by atoms with Gasteiger partial charge in [0, 0.05) is 72.3 Å². The van der Waals surface area contributed by atoms with Gasteiger partial charge >= 0.3 is 11.9 Å². The van der Waals surface area contributed by atoms with Crippen molar-refractivity contribution in [2.75, 3.05) is 52.6 Å². The minimum absolute atomic E-state index is 0.0479. The van der Waals surface area contributed by atoms with Gasteiger partial charge in [-0.3, -0.25) is 52.8 Å². The third kappa shape index (κ3) is 12.3. The Morgan fingerprint density at radius 3 is 2.28 bits per heavy atom. The number of halogens is 1. The first-order chi connectivity index (χ1) is 37.8. The first-order valence-corrected chi connectivity index (χ1v) is 25.1. The van der Waals surface area contributed by atoms with Crippen LogP contribution >= 0.6 is 0 Å². The largest absolute Gasteiger partial charge is 0.480 e. The van der Waals surface area contributed by atoms with E-state index in [1.165, 1.54) is 16.8 Å². The van der Waals surface area contributed by atoms with Crippen LogP contribution in [0.4, 0.5) is 4.39 Å². The zero-order valence-electron chi connectivity index (χ0n) is 42.8. The molecule has 8 rings (SSSR count). The highest BCUT2D eigenvalue weighted by Gasteiger charge is 2.46. The summed E-state index contributed by atoms with van der Waals surface area (Å²) in [5.41, 5.74) is 2.05. The monoisotopic (exact) mass is 1090 g/mol. The maximum absolute atomic E-state index is 15.3. The van der Waals surface area contributed by atoms with Crippen molar-refractivity contribution in [1.29, 1.82) is 0 Å². The highest BCUT2D eigenvalue weighted by molar-refractivity contribution is 6.15. The number of aliphatic carboxylic acids is 1. The van der Waals surface area contributed by atoms with E-state index in [1.54, 1.807) is 50.2 Å². The first kappa shape index (κ1) is 56.3. The van der Waals surface area contributed by atoms with Crippen LogP contribution in [0.2, 0.25) is 0 Å². The Balaban J connectivity index is 0.798. The second-order valence-electron chi connectivity index (χ2n) is 19.0. The van der Waals surface area contributed by atoms with Gasteiger partial charge in [-0.05, 0) is 54.5 Å². The molecule has 79 heavy (non-hydrogen) atoms. The molecule has 0 radical (unpaired) electrons. The molecule has 0 spiro atoms. The normalized spacial score (nSPS) is 17.6. The lowest BCUT2D eigenvalue weighted by Gasteiger charge is -2.31. The maximum atomic E-state index is 15.3. The summed E-state index contributed by atoms with van der Waals surface area (Å²) in [5, 5.41) is 35.6. The van der Waals surface area contributed by atoms with Crippen LogP contribution in [0, 0.1) is 12.7 Å². The summed E-state index contributed by atoms with van der Waals surface area (Å²) in [4.78, 5) is 149. The Morgan fingerprint density at radius 2 is 1.57 bits per heavy atom. The molecule has 4 aromatic rings. The number of aromatic nitrogens is 2. The number of aliphatic imine (C=N–C) groups is 1. The Morgan fingerprint density at radius 1 is 0.886 bits per heavy atom. The Bertz CT molecular complexity index is 3310. The summed E-state index contributed by atoms with van der Waals surface area (Å²) in [6, 6.07) is 10.1. The average molecular weight is 1090 g/mol. The van der Waals surface area contributed by atoms with E-state index in [2.05, 4.69) is 36.9 Å². The molecule has 8 amide bonds. The van der Waals surface area contributed by atoms with Crippen LogP contribution in [0.3, 0.4) is 0 Å². The number of fused-ring (bicyclic) bond motifs is 5. The van der Waals surface area contributed by atoms with Crippen molar-refractivity contribution < 1.29 is 72.0 Å². The predicted octanol–water partition coefficient (Wildman–Crippen LogP) is -1.15. The molecule has 4 aliphatic rings. The molecular formula is C53H55FN10O15. The second kappa shape index (κ2) is 24.2. The molecule has 2 aromatic heterocycles. The van der Waals surface area contributed by atoms with Crippen LogP contribution in [0.15, 0.2) is 64.4 Å². The number of hydrogen-bond donors (Lipinski definition) is 8. The number of cyclic esters (lactones) is 1. The van der Waals surface area contributed by atoms with Crippen LogP contribution < -0.4 is 37.5 Å². The number of ether oxygens (including phenoxy) is 2. The number of pyridine rings is 2. The Kier molecular flexibility index (Phi) is 17.3. The van der Waals surface area contributed by atoms with Crippen LogP contribution in [0.1, 0.15) is 77.0 Å². The van der Waals surface area contributed by atoms with Gasteiger partial charge < -0.3 is 56.2 Å². The van der Waals surface area contributed by atoms with Crippen molar-refractivity contribution in [2.45, 2.75) is 76.2 Å². The van der Waals surface area contributed by atoms with Gasteiger partial charge in [0.15, 0.2) is 5.60 Å². The fourth-order valence-corrected chi connectivity index (χ4v) is 9.95. The lowest BCUT2D eigenvalue weighted by Crippen LogP contribution is -2.55. The van der Waals surface area contributed by atoms with Gasteiger partial charge in [0.25, 0.3) is 23.3 Å². The summed E-state index contributed by atoms with van der Waals surface area (Å²) in [6.45, 7) is -0.623. The first-order valence-electron chi connectivity index (χ1n) is 25.1. The Hall–Kier alpha value is -8.88. The number of hydrogen-bond acceptors (Lipinski definition) is 16. The van der Waals surface area contributed by atoms with Crippen molar-refractivity contribution in [1.82, 2.24) is 46.4 Å². The van der Waals surface area contributed by atoms with Crippen LogP contribution in [-0.4, -0.2) is 149 Å². The lowest BCUT2D eigenvalue weighted by atomic mass is 9.78. The number of esters is 1. The summed E-state index contributed by atoms with van der Waals surface area (Å²) < 4.78 is 27.4. The molecule has 25 nitrogen and oxygen atoms in total.